The lowest BCUT2D eigenvalue weighted by Gasteiger charge is -2.54. The van der Waals surface area contributed by atoms with Crippen molar-refractivity contribution in [1.82, 2.24) is 20.0 Å². The third-order valence-corrected chi connectivity index (χ3v) is 11.4. The molecule has 6 rings (SSSR count). The van der Waals surface area contributed by atoms with Gasteiger partial charge in [0, 0.05) is 31.1 Å². The molecule has 3 aliphatic heterocycles. The number of methoxy groups -OCH3 is 1. The van der Waals surface area contributed by atoms with Gasteiger partial charge in [-0.1, -0.05) is 18.6 Å². The molecule has 11 heteroatoms. The lowest BCUT2D eigenvalue weighted by Crippen LogP contribution is -2.65. The number of amides is 1. The van der Waals surface area contributed by atoms with E-state index in [0.29, 0.717) is 30.9 Å². The third kappa shape index (κ3) is 7.03. The van der Waals surface area contributed by atoms with Crippen molar-refractivity contribution >= 4 is 11.8 Å². The number of anilines is 1. The molecule has 1 amide bonds. The maximum atomic E-state index is 16.2. The SMILES string of the molecule is COC(=O)N[C@H]1CCC[C@@H]1C(CN1CCC1)(c1cccc(F)c1)C1CCN(CC2(F)CN(c3cc(CN(C)C)c(C#N)cc3F)C2)CC1. The highest BCUT2D eigenvalue weighted by atomic mass is 19.1. The number of ether oxygens (including phenoxy) is 1. The van der Waals surface area contributed by atoms with Crippen molar-refractivity contribution in [3.63, 3.8) is 0 Å². The first-order valence-corrected chi connectivity index (χ1v) is 17.4. The van der Waals surface area contributed by atoms with E-state index < -0.39 is 17.6 Å². The molecule has 2 aromatic carbocycles. The first-order valence-electron chi connectivity index (χ1n) is 17.4. The Balaban J connectivity index is 1.18. The summed E-state index contributed by atoms with van der Waals surface area (Å²) in [5, 5.41) is 12.6. The van der Waals surface area contributed by atoms with Crippen molar-refractivity contribution in [2.75, 3.05) is 78.5 Å². The van der Waals surface area contributed by atoms with E-state index in [4.69, 9.17) is 4.74 Å². The van der Waals surface area contributed by atoms with Gasteiger partial charge in [0.15, 0.2) is 5.67 Å². The summed E-state index contributed by atoms with van der Waals surface area (Å²) in [5.74, 6) is -0.421. The molecule has 1 unspecified atom stereocenters. The summed E-state index contributed by atoms with van der Waals surface area (Å²) in [6.45, 7) is 5.22. The normalized spacial score (nSPS) is 24.4. The van der Waals surface area contributed by atoms with Crippen LogP contribution in [-0.2, 0) is 16.7 Å². The molecule has 0 radical (unpaired) electrons. The van der Waals surface area contributed by atoms with Gasteiger partial charge in [0.2, 0.25) is 0 Å². The summed E-state index contributed by atoms with van der Waals surface area (Å²) in [6.07, 6.45) is 5.15. The van der Waals surface area contributed by atoms with Gasteiger partial charge in [-0.15, -0.1) is 0 Å². The molecule has 3 saturated heterocycles. The summed E-state index contributed by atoms with van der Waals surface area (Å²) in [7, 11) is 5.17. The maximum absolute atomic E-state index is 16.2. The number of alkyl halides is 1. The molecule has 3 atom stereocenters. The fraction of sp³-hybridized carbons (Fsp3) is 0.622. The number of nitrogens with one attached hydrogen (secondary N) is 1. The molecule has 48 heavy (non-hydrogen) atoms. The number of halogens is 3. The summed E-state index contributed by atoms with van der Waals surface area (Å²) in [4.78, 5) is 20.8. The molecular formula is C37H49F3N6O2. The average molecular weight is 667 g/mol. The molecule has 8 nitrogen and oxygen atoms in total. The molecule has 260 valence electrons. The quantitative estimate of drug-likeness (QED) is 0.349. The van der Waals surface area contributed by atoms with Crippen LogP contribution in [0.1, 0.15) is 55.2 Å². The van der Waals surface area contributed by atoms with Crippen molar-refractivity contribution in [2.45, 2.75) is 62.2 Å². The molecule has 1 saturated carbocycles. The van der Waals surface area contributed by atoms with E-state index in [2.05, 4.69) is 27.3 Å². The van der Waals surface area contributed by atoms with Crippen LogP contribution in [0.15, 0.2) is 36.4 Å². The molecule has 0 aromatic heterocycles. The van der Waals surface area contributed by atoms with Crippen LogP contribution < -0.4 is 10.2 Å². The number of benzene rings is 2. The van der Waals surface area contributed by atoms with Crippen molar-refractivity contribution in [2.24, 2.45) is 11.8 Å². The largest absolute Gasteiger partial charge is 0.453 e. The van der Waals surface area contributed by atoms with Crippen molar-refractivity contribution in [1.29, 1.82) is 5.26 Å². The van der Waals surface area contributed by atoms with E-state index in [1.54, 1.807) is 23.1 Å². The van der Waals surface area contributed by atoms with Crippen LogP contribution in [0.25, 0.3) is 0 Å². The van der Waals surface area contributed by atoms with Crippen LogP contribution in [-0.4, -0.2) is 106 Å². The Morgan fingerprint density at radius 2 is 1.81 bits per heavy atom. The zero-order chi connectivity index (χ0) is 34.1. The predicted octanol–water partition coefficient (Wildman–Crippen LogP) is 5.31. The van der Waals surface area contributed by atoms with Crippen LogP contribution in [0.5, 0.6) is 0 Å². The van der Waals surface area contributed by atoms with E-state index in [9.17, 15) is 14.4 Å². The third-order valence-electron chi connectivity index (χ3n) is 11.4. The predicted molar refractivity (Wildman–Crippen MR) is 180 cm³/mol. The smallest absolute Gasteiger partial charge is 0.407 e. The molecule has 3 heterocycles. The number of hydrogen-bond donors (Lipinski definition) is 1. The summed E-state index contributed by atoms with van der Waals surface area (Å²) >= 11 is 0. The zero-order valence-corrected chi connectivity index (χ0v) is 28.5. The van der Waals surface area contributed by atoms with E-state index >= 15 is 8.78 Å². The molecule has 0 bridgehead atoms. The van der Waals surface area contributed by atoms with Crippen molar-refractivity contribution < 1.29 is 22.7 Å². The van der Waals surface area contributed by atoms with Crippen molar-refractivity contribution in [3.8, 4) is 6.07 Å². The average Bonchev–Trinajstić information content (AvgIpc) is 3.48. The van der Waals surface area contributed by atoms with Crippen LogP contribution in [0.3, 0.4) is 0 Å². The van der Waals surface area contributed by atoms with Gasteiger partial charge in [0.05, 0.1) is 37.5 Å². The molecule has 4 aliphatic rings. The number of alkyl carbamates (subject to hydrolysis) is 1. The number of nitriles is 1. The summed E-state index contributed by atoms with van der Waals surface area (Å²) in [5.41, 5.74) is 0.514. The molecule has 1 N–H and O–H groups in total. The lowest BCUT2D eigenvalue weighted by molar-refractivity contribution is 0.00575. The number of piperidine rings is 1. The zero-order valence-electron chi connectivity index (χ0n) is 28.5. The first-order chi connectivity index (χ1) is 23.0. The Morgan fingerprint density at radius 3 is 2.44 bits per heavy atom. The minimum atomic E-state index is -1.47. The Labute approximate surface area is 282 Å². The van der Waals surface area contributed by atoms with Crippen LogP contribution in [0, 0.1) is 34.8 Å². The van der Waals surface area contributed by atoms with Crippen LogP contribution in [0.2, 0.25) is 0 Å². The van der Waals surface area contributed by atoms with Gasteiger partial charge in [0.25, 0.3) is 0 Å². The summed E-state index contributed by atoms with van der Waals surface area (Å²) in [6, 6.07) is 12.0. The standard InChI is InChI=1S/C37H49F3N6O2/c1-43(2)21-27-18-34(32(39)17-26(27)20-41)46-23-36(40,24-46)22-45-15-11-28(12-16-45)37(25-44-13-6-14-44,29-7-4-8-30(38)19-29)31-9-5-10-33(31)42-35(47)48-3/h4,7-8,17-19,28,31,33H,5-6,9-16,21-25H2,1-3H3,(H,42,47)/t31-,33-,37?/m0/s1. The van der Waals surface area contributed by atoms with Crippen molar-refractivity contribution in [3.05, 3.63) is 64.7 Å². The summed E-state index contributed by atoms with van der Waals surface area (Å²) < 4.78 is 51.1. The van der Waals surface area contributed by atoms with E-state index in [1.807, 2.05) is 19.0 Å². The Bertz CT molecular complexity index is 1500. The highest BCUT2D eigenvalue weighted by Crippen LogP contribution is 2.51. The number of carbonyl (C=O) groups excluding carboxylic acids is 1. The molecule has 1 aliphatic carbocycles. The second-order valence-electron chi connectivity index (χ2n) is 14.8. The minimum absolute atomic E-state index is 0.0732. The Kier molecular flexibility index (Phi) is 10.3. The van der Waals surface area contributed by atoms with E-state index in [0.717, 1.165) is 69.3 Å². The van der Waals surface area contributed by atoms with Gasteiger partial charge < -0.3 is 24.8 Å². The maximum Gasteiger partial charge on any atom is 0.407 e. The van der Waals surface area contributed by atoms with Gasteiger partial charge in [0.1, 0.15) is 11.6 Å². The number of rotatable bonds is 11. The van der Waals surface area contributed by atoms with Crippen LogP contribution >= 0.6 is 0 Å². The minimum Gasteiger partial charge on any atom is -0.453 e. The molecule has 0 spiro atoms. The highest BCUT2D eigenvalue weighted by molar-refractivity contribution is 5.67. The fourth-order valence-corrected chi connectivity index (χ4v) is 9.08. The van der Waals surface area contributed by atoms with E-state index in [1.165, 1.54) is 19.2 Å². The van der Waals surface area contributed by atoms with Gasteiger partial charge in [-0.05, 0) is 120 Å². The Morgan fingerprint density at radius 1 is 1.06 bits per heavy atom. The molecule has 2 aromatic rings. The lowest BCUT2D eigenvalue weighted by atomic mass is 9.57. The van der Waals surface area contributed by atoms with Gasteiger partial charge >= 0.3 is 6.09 Å². The van der Waals surface area contributed by atoms with Gasteiger partial charge in [-0.25, -0.2) is 18.0 Å². The topological polar surface area (TPSA) is 75.1 Å². The van der Waals surface area contributed by atoms with Gasteiger partial charge in [-0.2, -0.15) is 5.26 Å². The molecule has 4 fully saturated rings. The molecular weight excluding hydrogens is 617 g/mol. The first kappa shape index (κ1) is 34.5. The number of nitrogens with zero attached hydrogens (tertiary/aromatic N) is 5. The van der Waals surface area contributed by atoms with Gasteiger partial charge in [-0.3, -0.25) is 4.90 Å². The second-order valence-corrected chi connectivity index (χ2v) is 14.8. The van der Waals surface area contributed by atoms with Crippen LogP contribution in [0.4, 0.5) is 23.7 Å². The second kappa shape index (κ2) is 14.3. The number of carbonyl (C=O) groups is 1. The highest BCUT2D eigenvalue weighted by Gasteiger charge is 2.54. The van der Waals surface area contributed by atoms with E-state index in [-0.39, 0.29) is 48.7 Å². The fourth-order valence-electron chi connectivity index (χ4n) is 9.08. The number of hydrogen-bond acceptors (Lipinski definition) is 7. The Hall–Kier alpha value is -3.33. The monoisotopic (exact) mass is 666 g/mol. The number of likely N-dealkylation sites (tertiary alicyclic amines) is 2.